The zero-order valence-corrected chi connectivity index (χ0v) is 13.6. The van der Waals surface area contributed by atoms with E-state index >= 15 is 0 Å². The smallest absolute Gasteiger partial charge is 0.138 e. The molecule has 0 aliphatic carbocycles. The second-order valence-corrected chi connectivity index (χ2v) is 6.01. The van der Waals surface area contributed by atoms with Crippen LogP contribution in [0.4, 0.5) is 0 Å². The quantitative estimate of drug-likeness (QED) is 0.722. The van der Waals surface area contributed by atoms with Gasteiger partial charge in [-0.3, -0.25) is 9.88 Å². The summed E-state index contributed by atoms with van der Waals surface area (Å²) in [6, 6.07) is 6.06. The molecule has 0 N–H and O–H groups in total. The second-order valence-electron chi connectivity index (χ2n) is 6.01. The van der Waals surface area contributed by atoms with Crippen LogP contribution in [0.25, 0.3) is 0 Å². The first kappa shape index (κ1) is 15.0. The number of hydrogen-bond acceptors (Lipinski definition) is 5. The number of imidazole rings is 1. The molecule has 0 aromatic carbocycles. The van der Waals surface area contributed by atoms with Crippen molar-refractivity contribution in [1.29, 1.82) is 0 Å². The van der Waals surface area contributed by atoms with Crippen molar-refractivity contribution in [3.05, 3.63) is 66.4 Å². The highest BCUT2D eigenvalue weighted by Crippen LogP contribution is 2.27. The van der Waals surface area contributed by atoms with Crippen molar-refractivity contribution < 1.29 is 9.15 Å². The predicted octanol–water partition coefficient (Wildman–Crippen LogP) is 3.03. The molecule has 3 aromatic rings. The van der Waals surface area contributed by atoms with E-state index < -0.39 is 0 Å². The Bertz CT molecular complexity index is 783. The monoisotopic (exact) mass is 324 g/mol. The number of rotatable bonds is 5. The van der Waals surface area contributed by atoms with Crippen LogP contribution < -0.4 is 4.74 Å². The number of nitrogens with zero attached hydrogens (tertiary/aromatic N) is 4. The van der Waals surface area contributed by atoms with Gasteiger partial charge in [-0.05, 0) is 25.1 Å². The Morgan fingerprint density at radius 2 is 2.25 bits per heavy atom. The SMILES string of the molecule is CC1c2ncc(COc3cccnc3)n2CCN1Cc1ccoc1. The first-order valence-corrected chi connectivity index (χ1v) is 8.13. The molecule has 24 heavy (non-hydrogen) atoms. The standard InChI is InChI=1S/C18H20N4O2/c1-14-18-20-9-16(13-24-17-3-2-5-19-10-17)22(18)7-6-21(14)11-15-4-8-23-12-15/h2-5,8-10,12,14H,6-7,11,13H2,1H3. The van der Waals surface area contributed by atoms with Gasteiger partial charge in [-0.1, -0.05) is 0 Å². The lowest BCUT2D eigenvalue weighted by atomic mass is 10.2. The van der Waals surface area contributed by atoms with Gasteiger partial charge in [0.1, 0.15) is 18.2 Å². The van der Waals surface area contributed by atoms with E-state index in [1.54, 1.807) is 24.9 Å². The van der Waals surface area contributed by atoms with E-state index in [9.17, 15) is 0 Å². The number of furan rings is 1. The molecule has 3 aromatic heterocycles. The number of fused-ring (bicyclic) bond motifs is 1. The summed E-state index contributed by atoms with van der Waals surface area (Å²) in [6.07, 6.45) is 8.91. The second kappa shape index (κ2) is 6.49. The van der Waals surface area contributed by atoms with E-state index in [-0.39, 0.29) is 6.04 Å². The van der Waals surface area contributed by atoms with Crippen LogP contribution in [0.3, 0.4) is 0 Å². The van der Waals surface area contributed by atoms with Gasteiger partial charge in [0.05, 0.1) is 36.7 Å². The van der Waals surface area contributed by atoms with E-state index in [1.807, 2.05) is 24.4 Å². The molecular weight excluding hydrogens is 304 g/mol. The van der Waals surface area contributed by atoms with Gasteiger partial charge in [0, 0.05) is 31.4 Å². The molecule has 6 nitrogen and oxygen atoms in total. The van der Waals surface area contributed by atoms with Crippen LogP contribution in [-0.4, -0.2) is 26.0 Å². The van der Waals surface area contributed by atoms with Gasteiger partial charge in [-0.2, -0.15) is 0 Å². The minimum Gasteiger partial charge on any atom is -0.486 e. The molecule has 1 unspecified atom stereocenters. The van der Waals surface area contributed by atoms with Crippen molar-refractivity contribution in [2.24, 2.45) is 0 Å². The van der Waals surface area contributed by atoms with Crippen LogP contribution in [0.5, 0.6) is 5.75 Å². The Kier molecular flexibility index (Phi) is 4.04. The number of ether oxygens (including phenoxy) is 1. The van der Waals surface area contributed by atoms with Gasteiger partial charge in [-0.25, -0.2) is 4.98 Å². The van der Waals surface area contributed by atoms with E-state index in [0.717, 1.165) is 36.9 Å². The maximum Gasteiger partial charge on any atom is 0.138 e. The third-order valence-electron chi connectivity index (χ3n) is 4.49. The number of aromatic nitrogens is 3. The number of pyridine rings is 1. The minimum absolute atomic E-state index is 0.265. The maximum atomic E-state index is 5.81. The summed E-state index contributed by atoms with van der Waals surface area (Å²) in [5.74, 6) is 1.87. The molecule has 1 aliphatic rings. The van der Waals surface area contributed by atoms with Crippen LogP contribution in [0.2, 0.25) is 0 Å². The first-order chi connectivity index (χ1) is 11.8. The molecule has 0 saturated heterocycles. The van der Waals surface area contributed by atoms with Crippen LogP contribution in [0.15, 0.2) is 53.7 Å². The fourth-order valence-electron chi connectivity index (χ4n) is 3.14. The topological polar surface area (TPSA) is 56.3 Å². The molecule has 0 bridgehead atoms. The summed E-state index contributed by atoms with van der Waals surface area (Å²) in [5, 5.41) is 0. The lowest BCUT2D eigenvalue weighted by Gasteiger charge is -2.34. The van der Waals surface area contributed by atoms with E-state index in [2.05, 4.69) is 26.4 Å². The lowest BCUT2D eigenvalue weighted by Crippen LogP contribution is -2.37. The minimum atomic E-state index is 0.265. The summed E-state index contributed by atoms with van der Waals surface area (Å²) in [4.78, 5) is 11.1. The van der Waals surface area contributed by atoms with Crippen LogP contribution >= 0.6 is 0 Å². The maximum absolute atomic E-state index is 5.81. The van der Waals surface area contributed by atoms with Crippen molar-refractivity contribution in [1.82, 2.24) is 19.4 Å². The van der Waals surface area contributed by atoms with Crippen molar-refractivity contribution in [3.8, 4) is 5.75 Å². The summed E-state index contributed by atoms with van der Waals surface area (Å²) in [7, 11) is 0. The molecule has 4 heterocycles. The summed E-state index contributed by atoms with van der Waals surface area (Å²) >= 11 is 0. The third-order valence-corrected chi connectivity index (χ3v) is 4.49. The molecule has 1 atom stereocenters. The Morgan fingerprint density at radius 3 is 3.04 bits per heavy atom. The molecule has 124 valence electrons. The fourth-order valence-corrected chi connectivity index (χ4v) is 3.14. The predicted molar refractivity (Wildman–Crippen MR) is 88.3 cm³/mol. The zero-order valence-electron chi connectivity index (χ0n) is 13.6. The Labute approximate surface area is 140 Å². The molecule has 0 saturated carbocycles. The van der Waals surface area contributed by atoms with Crippen LogP contribution in [0, 0.1) is 0 Å². The van der Waals surface area contributed by atoms with E-state index in [0.29, 0.717) is 6.61 Å². The summed E-state index contributed by atoms with van der Waals surface area (Å²) in [5.41, 5.74) is 2.30. The number of hydrogen-bond donors (Lipinski definition) is 0. The van der Waals surface area contributed by atoms with Gasteiger partial charge in [0.2, 0.25) is 0 Å². The molecule has 1 aliphatic heterocycles. The summed E-state index contributed by atoms with van der Waals surface area (Å²) in [6.45, 7) is 5.49. The average molecular weight is 324 g/mol. The van der Waals surface area contributed by atoms with Gasteiger partial charge < -0.3 is 13.7 Å². The lowest BCUT2D eigenvalue weighted by molar-refractivity contribution is 0.152. The van der Waals surface area contributed by atoms with Crippen molar-refractivity contribution in [2.45, 2.75) is 32.7 Å². The van der Waals surface area contributed by atoms with Gasteiger partial charge >= 0.3 is 0 Å². The van der Waals surface area contributed by atoms with Crippen molar-refractivity contribution >= 4 is 0 Å². The normalized spacial score (nSPS) is 17.6. The molecule has 6 heteroatoms. The van der Waals surface area contributed by atoms with Gasteiger partial charge in [0.15, 0.2) is 0 Å². The molecule has 0 fully saturated rings. The molecule has 0 amide bonds. The summed E-state index contributed by atoms with van der Waals surface area (Å²) < 4.78 is 13.3. The van der Waals surface area contributed by atoms with Crippen LogP contribution in [-0.2, 0) is 19.7 Å². The van der Waals surface area contributed by atoms with Crippen molar-refractivity contribution in [3.63, 3.8) is 0 Å². The Morgan fingerprint density at radius 1 is 1.29 bits per heavy atom. The highest BCUT2D eigenvalue weighted by atomic mass is 16.5. The average Bonchev–Trinajstić information content (AvgIpc) is 3.26. The van der Waals surface area contributed by atoms with E-state index in [4.69, 9.17) is 9.15 Å². The third kappa shape index (κ3) is 2.92. The highest BCUT2D eigenvalue weighted by molar-refractivity contribution is 5.17. The Balaban J connectivity index is 1.46. The van der Waals surface area contributed by atoms with Gasteiger partial charge in [0.25, 0.3) is 0 Å². The van der Waals surface area contributed by atoms with Gasteiger partial charge in [-0.15, -0.1) is 0 Å². The largest absolute Gasteiger partial charge is 0.486 e. The van der Waals surface area contributed by atoms with E-state index in [1.165, 1.54) is 5.56 Å². The zero-order chi connectivity index (χ0) is 16.4. The highest BCUT2D eigenvalue weighted by Gasteiger charge is 2.27. The fraction of sp³-hybridized carbons (Fsp3) is 0.333. The Hall–Kier alpha value is -2.60. The molecule has 4 rings (SSSR count). The van der Waals surface area contributed by atoms with Crippen molar-refractivity contribution in [2.75, 3.05) is 6.54 Å². The van der Waals surface area contributed by atoms with Crippen LogP contribution in [0.1, 0.15) is 30.0 Å². The molecule has 0 radical (unpaired) electrons. The molecular formula is C18H20N4O2. The molecule has 0 spiro atoms. The first-order valence-electron chi connectivity index (χ1n) is 8.13.